The minimum atomic E-state index is -0.235. The van der Waals surface area contributed by atoms with E-state index < -0.39 is 0 Å². The molecule has 28 heavy (non-hydrogen) atoms. The van der Waals surface area contributed by atoms with E-state index >= 15 is 0 Å². The second kappa shape index (κ2) is 7.80. The molecule has 1 amide bonds. The number of benzene rings is 2. The molecule has 1 atom stereocenters. The van der Waals surface area contributed by atoms with Crippen molar-refractivity contribution in [3.63, 3.8) is 0 Å². The number of aromatic amines is 1. The summed E-state index contributed by atoms with van der Waals surface area (Å²) >= 11 is 1.55. The summed E-state index contributed by atoms with van der Waals surface area (Å²) in [6.07, 6.45) is 2.79. The van der Waals surface area contributed by atoms with Gasteiger partial charge in [-0.05, 0) is 30.4 Å². The monoisotopic (exact) mass is 396 g/mol. The normalized spacial score (nSPS) is 16.1. The summed E-state index contributed by atoms with van der Waals surface area (Å²) in [6, 6.07) is 13.9. The molecule has 1 aromatic heterocycles. The number of nitrogens with zero attached hydrogens (tertiary/aromatic N) is 1. The third-order valence-electron chi connectivity index (χ3n) is 5.35. The van der Waals surface area contributed by atoms with E-state index in [2.05, 4.69) is 23.2 Å². The highest BCUT2D eigenvalue weighted by molar-refractivity contribution is 7.99. The summed E-state index contributed by atoms with van der Waals surface area (Å²) < 4.78 is 11.2. The Hall–Kier alpha value is -2.60. The third kappa shape index (κ3) is 3.02. The van der Waals surface area contributed by atoms with E-state index in [1.54, 1.807) is 26.0 Å². The maximum atomic E-state index is 13.0. The number of carbonyl (C=O) groups excluding carboxylic acids is 1. The number of methoxy groups -OCH3 is 2. The highest BCUT2D eigenvalue weighted by Crippen LogP contribution is 2.44. The van der Waals surface area contributed by atoms with Gasteiger partial charge in [0.2, 0.25) is 5.91 Å². The Morgan fingerprint density at radius 2 is 2.00 bits per heavy atom. The average Bonchev–Trinajstić information content (AvgIpc) is 3.11. The highest BCUT2D eigenvalue weighted by Gasteiger charge is 2.36. The van der Waals surface area contributed by atoms with Crippen LogP contribution in [0.5, 0.6) is 11.5 Å². The molecule has 0 saturated carbocycles. The van der Waals surface area contributed by atoms with Gasteiger partial charge in [-0.2, -0.15) is 11.8 Å². The molecule has 0 fully saturated rings. The fourth-order valence-electron chi connectivity index (χ4n) is 4.17. The number of H-pyrrole nitrogens is 1. The molecule has 6 heteroatoms. The predicted molar refractivity (Wildman–Crippen MR) is 113 cm³/mol. The first-order chi connectivity index (χ1) is 13.7. The van der Waals surface area contributed by atoms with E-state index in [0.29, 0.717) is 23.8 Å². The Bertz CT molecular complexity index is 1010. The second-order valence-electron chi connectivity index (χ2n) is 6.82. The van der Waals surface area contributed by atoms with Gasteiger partial charge in [0.25, 0.3) is 0 Å². The van der Waals surface area contributed by atoms with Crippen molar-refractivity contribution in [2.75, 3.05) is 32.8 Å². The topological polar surface area (TPSA) is 54.6 Å². The molecule has 0 radical (unpaired) electrons. The molecule has 0 aliphatic carbocycles. The Labute approximate surface area is 169 Å². The highest BCUT2D eigenvalue weighted by atomic mass is 32.2. The van der Waals surface area contributed by atoms with Gasteiger partial charge in [0.15, 0.2) is 11.5 Å². The van der Waals surface area contributed by atoms with Gasteiger partial charge in [-0.25, -0.2) is 0 Å². The van der Waals surface area contributed by atoms with Gasteiger partial charge in [-0.3, -0.25) is 4.79 Å². The molecule has 1 N–H and O–H groups in total. The zero-order valence-electron chi connectivity index (χ0n) is 16.3. The summed E-state index contributed by atoms with van der Waals surface area (Å²) in [7, 11) is 3.28. The van der Waals surface area contributed by atoms with E-state index in [-0.39, 0.29) is 11.9 Å². The standard InChI is InChI=1S/C22H24N2O3S/c1-26-18-10-6-8-16(22(18)27-2)21-20-15(11-12-24(21)19(25)13-28-3)14-7-4-5-9-17(14)23-20/h4-10,21,23H,11-13H2,1-3H3/t21-/m0/s1. The Morgan fingerprint density at radius 1 is 1.18 bits per heavy atom. The molecule has 4 rings (SSSR count). The molecule has 146 valence electrons. The van der Waals surface area contributed by atoms with E-state index in [1.165, 1.54) is 10.9 Å². The summed E-state index contributed by atoms with van der Waals surface area (Å²) in [5, 5.41) is 1.22. The largest absolute Gasteiger partial charge is 0.493 e. The van der Waals surface area contributed by atoms with Crippen LogP contribution >= 0.6 is 11.8 Å². The number of amides is 1. The predicted octanol–water partition coefficient (Wildman–Crippen LogP) is 4.02. The molecule has 0 unspecified atom stereocenters. The fourth-order valence-corrected chi connectivity index (χ4v) is 4.58. The van der Waals surface area contributed by atoms with Crippen molar-refractivity contribution in [2.45, 2.75) is 12.5 Å². The van der Waals surface area contributed by atoms with Crippen molar-refractivity contribution in [2.24, 2.45) is 0 Å². The summed E-state index contributed by atoms with van der Waals surface area (Å²) in [5.74, 6) is 1.92. The van der Waals surface area contributed by atoms with Crippen molar-refractivity contribution < 1.29 is 14.3 Å². The number of fused-ring (bicyclic) bond motifs is 3. The number of thioether (sulfide) groups is 1. The van der Waals surface area contributed by atoms with Crippen molar-refractivity contribution in [3.8, 4) is 11.5 Å². The van der Waals surface area contributed by atoms with Crippen LogP contribution in [0.4, 0.5) is 0 Å². The molecule has 1 aliphatic rings. The number of aromatic nitrogens is 1. The Balaban J connectivity index is 1.94. The number of hydrogen-bond donors (Lipinski definition) is 1. The van der Waals surface area contributed by atoms with Crippen molar-refractivity contribution in [1.82, 2.24) is 9.88 Å². The quantitative estimate of drug-likeness (QED) is 0.708. The van der Waals surface area contributed by atoms with Crippen LogP contribution in [0.2, 0.25) is 0 Å². The molecule has 2 aromatic carbocycles. The maximum absolute atomic E-state index is 13.0. The second-order valence-corrected chi connectivity index (χ2v) is 7.68. The first-order valence-corrected chi connectivity index (χ1v) is 10.7. The zero-order chi connectivity index (χ0) is 19.7. The van der Waals surface area contributed by atoms with Gasteiger partial charge < -0.3 is 19.4 Å². The Morgan fingerprint density at radius 3 is 2.75 bits per heavy atom. The number of rotatable bonds is 5. The molecule has 0 bridgehead atoms. The molecule has 0 saturated heterocycles. The van der Waals surface area contributed by atoms with Crippen LogP contribution in [0.15, 0.2) is 42.5 Å². The third-order valence-corrected chi connectivity index (χ3v) is 5.89. The van der Waals surface area contributed by atoms with Crippen LogP contribution in [0.25, 0.3) is 10.9 Å². The van der Waals surface area contributed by atoms with Crippen molar-refractivity contribution in [3.05, 3.63) is 59.3 Å². The van der Waals surface area contributed by atoms with Crippen LogP contribution in [-0.2, 0) is 11.2 Å². The average molecular weight is 397 g/mol. The summed E-state index contributed by atoms with van der Waals surface area (Å²) in [4.78, 5) is 18.5. The number of nitrogens with one attached hydrogen (secondary N) is 1. The number of hydrogen-bond acceptors (Lipinski definition) is 4. The van der Waals surface area contributed by atoms with Gasteiger partial charge in [0, 0.05) is 28.7 Å². The first kappa shape index (κ1) is 18.7. The number of para-hydroxylation sites is 2. The lowest BCUT2D eigenvalue weighted by Crippen LogP contribution is -2.41. The van der Waals surface area contributed by atoms with Crippen molar-refractivity contribution in [1.29, 1.82) is 0 Å². The Kier molecular flexibility index (Phi) is 5.22. The number of ether oxygens (including phenoxy) is 2. The molecular formula is C22H24N2O3S. The minimum absolute atomic E-state index is 0.131. The lowest BCUT2D eigenvalue weighted by Gasteiger charge is -2.37. The van der Waals surface area contributed by atoms with E-state index in [1.807, 2.05) is 35.4 Å². The van der Waals surface area contributed by atoms with Crippen LogP contribution in [0, 0.1) is 0 Å². The number of carbonyl (C=O) groups is 1. The summed E-state index contributed by atoms with van der Waals surface area (Å²) in [6.45, 7) is 0.680. The molecule has 2 heterocycles. The van der Waals surface area contributed by atoms with Gasteiger partial charge in [0.05, 0.1) is 20.0 Å². The molecule has 5 nitrogen and oxygen atoms in total. The summed E-state index contributed by atoms with van der Waals surface area (Å²) in [5.41, 5.74) is 4.37. The molecular weight excluding hydrogens is 372 g/mol. The van der Waals surface area contributed by atoms with Gasteiger partial charge in [-0.15, -0.1) is 0 Å². The van der Waals surface area contributed by atoms with E-state index in [4.69, 9.17) is 9.47 Å². The van der Waals surface area contributed by atoms with Crippen LogP contribution in [0.3, 0.4) is 0 Å². The first-order valence-electron chi connectivity index (χ1n) is 9.28. The van der Waals surface area contributed by atoms with E-state index in [9.17, 15) is 4.79 Å². The molecule has 3 aromatic rings. The van der Waals surface area contributed by atoms with Gasteiger partial charge in [-0.1, -0.05) is 30.3 Å². The van der Waals surface area contributed by atoms with Crippen LogP contribution < -0.4 is 9.47 Å². The lowest BCUT2D eigenvalue weighted by molar-refractivity contribution is -0.130. The lowest BCUT2D eigenvalue weighted by atomic mass is 9.91. The van der Waals surface area contributed by atoms with Crippen molar-refractivity contribution >= 4 is 28.6 Å². The SMILES string of the molecule is COc1cccc([C@H]2c3[nH]c4ccccc4c3CCN2C(=O)CSC)c1OC. The smallest absolute Gasteiger partial charge is 0.233 e. The molecule has 1 aliphatic heterocycles. The van der Waals surface area contributed by atoms with Crippen LogP contribution in [0.1, 0.15) is 22.9 Å². The van der Waals surface area contributed by atoms with Gasteiger partial charge >= 0.3 is 0 Å². The molecule has 0 spiro atoms. The van der Waals surface area contributed by atoms with Gasteiger partial charge in [0.1, 0.15) is 6.04 Å². The zero-order valence-corrected chi connectivity index (χ0v) is 17.1. The van der Waals surface area contributed by atoms with E-state index in [0.717, 1.165) is 23.2 Å². The maximum Gasteiger partial charge on any atom is 0.233 e. The van der Waals surface area contributed by atoms with Crippen LogP contribution in [-0.4, -0.2) is 48.6 Å². The fraction of sp³-hybridized carbons (Fsp3) is 0.318. The minimum Gasteiger partial charge on any atom is -0.493 e.